The molecule has 3 nitrogen and oxygen atoms in total. The summed E-state index contributed by atoms with van der Waals surface area (Å²) in [6.07, 6.45) is 1.70. The largest absolute Gasteiger partial charge is 0.253 e. The Bertz CT molecular complexity index is 797. The highest BCUT2D eigenvalue weighted by molar-refractivity contribution is 7.15. The molecule has 0 aliphatic rings. The van der Waals surface area contributed by atoms with Crippen LogP contribution in [0.4, 0.5) is 5.13 Å². The van der Waals surface area contributed by atoms with E-state index in [1.807, 2.05) is 42.5 Å². The van der Waals surface area contributed by atoms with Crippen molar-refractivity contribution >= 4 is 34.3 Å². The number of halogens is 1. The van der Waals surface area contributed by atoms with Crippen molar-refractivity contribution in [2.45, 2.75) is 6.92 Å². The topological polar surface area (TPSA) is 37.3 Å². The van der Waals surface area contributed by atoms with Gasteiger partial charge in [0.1, 0.15) is 0 Å². The van der Waals surface area contributed by atoms with Crippen LogP contribution < -0.4 is 5.43 Å². The van der Waals surface area contributed by atoms with Crippen LogP contribution in [-0.4, -0.2) is 11.2 Å². The molecule has 0 saturated heterocycles. The van der Waals surface area contributed by atoms with Crippen molar-refractivity contribution in [3.8, 4) is 11.3 Å². The average molecular weight is 328 g/mol. The van der Waals surface area contributed by atoms with Crippen LogP contribution in [0.5, 0.6) is 0 Å². The normalized spacial score (nSPS) is 11.0. The van der Waals surface area contributed by atoms with Gasteiger partial charge in [-0.3, -0.25) is 5.43 Å². The molecule has 1 aromatic heterocycles. The number of rotatable bonds is 4. The van der Waals surface area contributed by atoms with Gasteiger partial charge in [-0.05, 0) is 13.0 Å². The molecule has 5 heteroatoms. The molecule has 0 radical (unpaired) electrons. The summed E-state index contributed by atoms with van der Waals surface area (Å²) in [6, 6.07) is 17.7. The molecule has 0 bridgehead atoms. The summed E-state index contributed by atoms with van der Waals surface area (Å²) in [5.41, 5.74) is 5.94. The molecule has 1 N–H and O–H groups in total. The zero-order chi connectivity index (χ0) is 15.4. The quantitative estimate of drug-likeness (QED) is 0.527. The van der Waals surface area contributed by atoms with Crippen LogP contribution in [0.25, 0.3) is 11.3 Å². The van der Waals surface area contributed by atoms with Gasteiger partial charge in [-0.1, -0.05) is 60.1 Å². The van der Waals surface area contributed by atoms with Crippen LogP contribution in [0.2, 0.25) is 5.02 Å². The molecule has 3 aromatic rings. The number of aromatic nitrogens is 1. The van der Waals surface area contributed by atoms with Gasteiger partial charge in [-0.25, -0.2) is 4.98 Å². The van der Waals surface area contributed by atoms with Gasteiger partial charge in [0, 0.05) is 21.0 Å². The van der Waals surface area contributed by atoms with Crippen molar-refractivity contribution in [1.82, 2.24) is 4.98 Å². The first kappa shape index (κ1) is 14.8. The number of nitrogens with one attached hydrogen (secondary N) is 1. The molecule has 110 valence electrons. The number of thiazole rings is 1. The van der Waals surface area contributed by atoms with Gasteiger partial charge in [0.2, 0.25) is 5.13 Å². The van der Waals surface area contributed by atoms with Gasteiger partial charge < -0.3 is 0 Å². The highest BCUT2D eigenvalue weighted by Gasteiger charge is 2.08. The third-order valence-corrected chi connectivity index (χ3v) is 4.33. The predicted octanol–water partition coefficient (Wildman–Crippen LogP) is 5.22. The van der Waals surface area contributed by atoms with E-state index in [2.05, 4.69) is 34.6 Å². The molecule has 0 fully saturated rings. The van der Waals surface area contributed by atoms with E-state index in [-0.39, 0.29) is 0 Å². The first-order chi connectivity index (χ1) is 10.7. The molecule has 22 heavy (non-hydrogen) atoms. The molecule has 0 amide bonds. The fourth-order valence-electron chi connectivity index (χ4n) is 2.04. The summed E-state index contributed by atoms with van der Waals surface area (Å²) in [6.45, 7) is 2.06. The summed E-state index contributed by atoms with van der Waals surface area (Å²) in [5, 5.41) is 5.65. The summed E-state index contributed by atoms with van der Waals surface area (Å²) in [4.78, 5) is 5.75. The lowest BCUT2D eigenvalue weighted by molar-refractivity contribution is 1.28. The van der Waals surface area contributed by atoms with Crippen LogP contribution in [0.3, 0.4) is 0 Å². The number of anilines is 1. The molecular formula is C17H14ClN3S. The minimum Gasteiger partial charge on any atom is -0.253 e. The van der Waals surface area contributed by atoms with E-state index in [4.69, 9.17) is 11.6 Å². The number of hydrazone groups is 1. The van der Waals surface area contributed by atoms with E-state index < -0.39 is 0 Å². The van der Waals surface area contributed by atoms with Gasteiger partial charge in [-0.2, -0.15) is 5.10 Å². The number of benzene rings is 2. The number of aryl methyl sites for hydroxylation is 1. The lowest BCUT2D eigenvalue weighted by atomic mass is 10.1. The van der Waals surface area contributed by atoms with E-state index in [0.717, 1.165) is 26.8 Å². The fraction of sp³-hybridized carbons (Fsp3) is 0.0588. The van der Waals surface area contributed by atoms with Crippen molar-refractivity contribution in [3.05, 3.63) is 70.1 Å². The number of hydrogen-bond acceptors (Lipinski definition) is 4. The maximum Gasteiger partial charge on any atom is 0.204 e. The second-order valence-corrected chi connectivity index (χ2v) is 6.29. The highest BCUT2D eigenvalue weighted by Crippen LogP contribution is 2.30. The molecule has 3 rings (SSSR count). The van der Waals surface area contributed by atoms with Gasteiger partial charge >= 0.3 is 0 Å². The van der Waals surface area contributed by atoms with Gasteiger partial charge in [0.15, 0.2) is 0 Å². The second-order valence-electron chi connectivity index (χ2n) is 4.68. The molecule has 2 aromatic carbocycles. The van der Waals surface area contributed by atoms with Crippen molar-refractivity contribution in [1.29, 1.82) is 0 Å². The van der Waals surface area contributed by atoms with E-state index in [0.29, 0.717) is 5.02 Å². The fourth-order valence-corrected chi connectivity index (χ4v) is 3.01. The Morgan fingerprint density at radius 3 is 2.59 bits per heavy atom. The summed E-state index contributed by atoms with van der Waals surface area (Å²) < 4.78 is 0. The Morgan fingerprint density at radius 1 is 1.09 bits per heavy atom. The standard InChI is InChI=1S/C17H14ClN3S/c1-12-16(13-7-3-2-4-8-13)20-17(22-12)21-19-11-14-9-5-6-10-15(14)18/h2-11H,1H3,(H,20,21)/b19-11-. The Hall–Kier alpha value is -2.17. The number of nitrogens with zero attached hydrogens (tertiary/aromatic N) is 2. The zero-order valence-corrected chi connectivity index (χ0v) is 13.5. The lowest BCUT2D eigenvalue weighted by Gasteiger charge is -1.97. The smallest absolute Gasteiger partial charge is 0.204 e. The minimum atomic E-state index is 0.674. The third kappa shape index (κ3) is 3.35. The molecular weight excluding hydrogens is 314 g/mol. The molecule has 0 atom stereocenters. The summed E-state index contributed by atoms with van der Waals surface area (Å²) in [7, 11) is 0. The van der Waals surface area contributed by atoms with E-state index >= 15 is 0 Å². The van der Waals surface area contributed by atoms with E-state index in [1.165, 1.54) is 0 Å². The molecule has 0 spiro atoms. The van der Waals surface area contributed by atoms with Gasteiger partial charge in [0.05, 0.1) is 11.9 Å². The van der Waals surface area contributed by atoms with E-state index in [1.54, 1.807) is 17.6 Å². The first-order valence-electron chi connectivity index (χ1n) is 6.80. The monoisotopic (exact) mass is 327 g/mol. The van der Waals surface area contributed by atoms with Crippen molar-refractivity contribution in [2.75, 3.05) is 5.43 Å². The number of hydrogen-bond donors (Lipinski definition) is 1. The average Bonchev–Trinajstić information content (AvgIpc) is 2.91. The van der Waals surface area contributed by atoms with Gasteiger partial charge in [0.25, 0.3) is 0 Å². The Kier molecular flexibility index (Phi) is 4.51. The molecule has 0 unspecified atom stereocenters. The van der Waals surface area contributed by atoms with Crippen LogP contribution in [0.1, 0.15) is 10.4 Å². The highest BCUT2D eigenvalue weighted by atomic mass is 35.5. The Morgan fingerprint density at radius 2 is 1.82 bits per heavy atom. The maximum absolute atomic E-state index is 6.08. The lowest BCUT2D eigenvalue weighted by Crippen LogP contribution is -1.90. The Balaban J connectivity index is 1.76. The molecule has 1 heterocycles. The van der Waals surface area contributed by atoms with Crippen LogP contribution in [0, 0.1) is 6.92 Å². The first-order valence-corrected chi connectivity index (χ1v) is 8.00. The van der Waals surface area contributed by atoms with Crippen LogP contribution in [-0.2, 0) is 0 Å². The van der Waals surface area contributed by atoms with Crippen molar-refractivity contribution in [3.63, 3.8) is 0 Å². The molecule has 0 aliphatic heterocycles. The Labute approximate surface area is 138 Å². The minimum absolute atomic E-state index is 0.674. The second kappa shape index (κ2) is 6.73. The van der Waals surface area contributed by atoms with Crippen LogP contribution >= 0.6 is 22.9 Å². The van der Waals surface area contributed by atoms with Crippen molar-refractivity contribution < 1.29 is 0 Å². The molecule has 0 saturated carbocycles. The zero-order valence-electron chi connectivity index (χ0n) is 12.0. The predicted molar refractivity (Wildman–Crippen MR) is 95.0 cm³/mol. The van der Waals surface area contributed by atoms with E-state index in [9.17, 15) is 0 Å². The van der Waals surface area contributed by atoms with Gasteiger partial charge in [-0.15, -0.1) is 11.3 Å². The molecule has 0 aliphatic carbocycles. The third-order valence-electron chi connectivity index (χ3n) is 3.11. The SMILES string of the molecule is Cc1sc(N/N=C\c2ccccc2Cl)nc1-c1ccccc1. The summed E-state index contributed by atoms with van der Waals surface area (Å²) >= 11 is 7.66. The maximum atomic E-state index is 6.08. The van der Waals surface area contributed by atoms with Crippen molar-refractivity contribution in [2.24, 2.45) is 5.10 Å². The summed E-state index contributed by atoms with van der Waals surface area (Å²) in [5.74, 6) is 0. The van der Waals surface area contributed by atoms with Crippen LogP contribution in [0.15, 0.2) is 59.7 Å².